The van der Waals surface area contributed by atoms with Gasteiger partial charge in [0.1, 0.15) is 5.75 Å². The minimum atomic E-state index is -0.0984. The van der Waals surface area contributed by atoms with Crippen LogP contribution in [0.15, 0.2) is 36.4 Å². The molecule has 106 valence electrons. The average Bonchev–Trinajstić information content (AvgIpc) is 2.76. The summed E-state index contributed by atoms with van der Waals surface area (Å²) in [5, 5.41) is 2.86. The van der Waals surface area contributed by atoms with Gasteiger partial charge in [0.25, 0.3) is 5.91 Å². The lowest BCUT2D eigenvalue weighted by Gasteiger charge is -2.07. The molecule has 0 radical (unpaired) electrons. The number of para-hydroxylation sites is 1. The van der Waals surface area contributed by atoms with E-state index in [1.165, 1.54) is 5.56 Å². The van der Waals surface area contributed by atoms with E-state index in [9.17, 15) is 4.79 Å². The quantitative estimate of drug-likeness (QED) is 0.848. The average molecular weight is 272 g/mol. The van der Waals surface area contributed by atoms with Gasteiger partial charge in [0, 0.05) is 17.9 Å². The van der Waals surface area contributed by atoms with Crippen LogP contribution in [-0.2, 0) is 11.2 Å². The lowest BCUT2D eigenvalue weighted by Crippen LogP contribution is -2.30. The molecule has 0 aliphatic carbocycles. The van der Waals surface area contributed by atoms with E-state index in [0.717, 1.165) is 17.8 Å². The molecule has 2 N–H and O–H groups in total. The second kappa shape index (κ2) is 6.80. The van der Waals surface area contributed by atoms with E-state index >= 15 is 0 Å². The van der Waals surface area contributed by atoms with Gasteiger partial charge >= 0.3 is 0 Å². The van der Waals surface area contributed by atoms with E-state index in [4.69, 9.17) is 4.74 Å². The Kier molecular flexibility index (Phi) is 4.82. The van der Waals surface area contributed by atoms with Crippen LogP contribution in [0.2, 0.25) is 0 Å². The maximum absolute atomic E-state index is 11.7. The number of hydrogen-bond acceptors (Lipinski definition) is 2. The molecule has 0 saturated heterocycles. The van der Waals surface area contributed by atoms with Gasteiger partial charge in [-0.2, -0.15) is 0 Å². The van der Waals surface area contributed by atoms with Crippen LogP contribution in [0.5, 0.6) is 5.75 Å². The minimum Gasteiger partial charge on any atom is -0.484 e. The van der Waals surface area contributed by atoms with Gasteiger partial charge in [0.05, 0.1) is 0 Å². The van der Waals surface area contributed by atoms with Crippen molar-refractivity contribution in [2.75, 3.05) is 13.2 Å². The number of aromatic nitrogens is 1. The fourth-order valence-corrected chi connectivity index (χ4v) is 2.09. The summed E-state index contributed by atoms with van der Waals surface area (Å²) in [6, 6.07) is 11.4. The molecule has 0 spiro atoms. The number of amides is 1. The number of hydrogen-bond donors (Lipinski definition) is 2. The zero-order valence-corrected chi connectivity index (χ0v) is 11.9. The smallest absolute Gasteiger partial charge is 0.257 e. The van der Waals surface area contributed by atoms with Crippen molar-refractivity contribution in [2.45, 2.75) is 20.3 Å². The standard InChI is InChI=1S/C16H20N2O2/c1-12-10-14(13(2)18-12)8-9-17-16(19)11-20-15-6-4-3-5-7-15/h3-7,10,18H,8-9,11H2,1-2H3,(H,17,19). The number of carbonyl (C=O) groups excluding carboxylic acids is 1. The molecule has 0 aliphatic rings. The fraction of sp³-hybridized carbons (Fsp3) is 0.312. The van der Waals surface area contributed by atoms with Gasteiger partial charge in [-0.25, -0.2) is 0 Å². The van der Waals surface area contributed by atoms with Gasteiger partial charge in [0.15, 0.2) is 6.61 Å². The first-order valence-corrected chi connectivity index (χ1v) is 6.75. The molecule has 2 rings (SSSR count). The summed E-state index contributed by atoms with van der Waals surface area (Å²) in [5.74, 6) is 0.610. The van der Waals surface area contributed by atoms with Gasteiger partial charge in [-0.05, 0) is 44.0 Å². The second-order valence-electron chi connectivity index (χ2n) is 4.80. The fourth-order valence-electron chi connectivity index (χ4n) is 2.09. The predicted octanol–water partition coefficient (Wildman–Crippen LogP) is 2.37. The van der Waals surface area contributed by atoms with E-state index in [1.54, 1.807) is 0 Å². The molecule has 0 bridgehead atoms. The highest BCUT2D eigenvalue weighted by atomic mass is 16.5. The maximum atomic E-state index is 11.7. The van der Waals surface area contributed by atoms with Crippen molar-refractivity contribution in [1.82, 2.24) is 10.3 Å². The van der Waals surface area contributed by atoms with E-state index < -0.39 is 0 Å². The third-order valence-corrected chi connectivity index (χ3v) is 3.09. The molecule has 1 aromatic heterocycles. The zero-order chi connectivity index (χ0) is 14.4. The number of rotatable bonds is 6. The highest BCUT2D eigenvalue weighted by molar-refractivity contribution is 5.77. The Bertz CT molecular complexity index is 561. The summed E-state index contributed by atoms with van der Waals surface area (Å²) in [7, 11) is 0. The SMILES string of the molecule is Cc1cc(CCNC(=O)COc2ccccc2)c(C)[nH]1. The van der Waals surface area contributed by atoms with Crippen LogP contribution >= 0.6 is 0 Å². The van der Waals surface area contributed by atoms with Crippen molar-refractivity contribution in [3.8, 4) is 5.75 Å². The molecule has 1 heterocycles. The molecule has 2 aromatic rings. The first-order chi connectivity index (χ1) is 9.65. The Morgan fingerprint density at radius 1 is 1.25 bits per heavy atom. The summed E-state index contributed by atoms with van der Waals surface area (Å²) in [5.41, 5.74) is 3.56. The van der Waals surface area contributed by atoms with Crippen LogP contribution < -0.4 is 10.1 Å². The molecular formula is C16H20N2O2. The van der Waals surface area contributed by atoms with Crippen molar-refractivity contribution in [2.24, 2.45) is 0 Å². The summed E-state index contributed by atoms with van der Waals surface area (Å²) in [6.07, 6.45) is 0.827. The highest BCUT2D eigenvalue weighted by Gasteiger charge is 2.04. The third kappa shape index (κ3) is 4.16. The van der Waals surface area contributed by atoms with Gasteiger partial charge in [0.2, 0.25) is 0 Å². The summed E-state index contributed by atoms with van der Waals surface area (Å²) in [4.78, 5) is 14.9. The lowest BCUT2D eigenvalue weighted by molar-refractivity contribution is -0.123. The summed E-state index contributed by atoms with van der Waals surface area (Å²) < 4.78 is 5.38. The van der Waals surface area contributed by atoms with Crippen LogP contribution in [0.3, 0.4) is 0 Å². The van der Waals surface area contributed by atoms with Gasteiger partial charge in [-0.1, -0.05) is 18.2 Å². The Labute approximate surface area is 119 Å². The molecular weight excluding hydrogens is 252 g/mol. The third-order valence-electron chi connectivity index (χ3n) is 3.09. The van der Waals surface area contributed by atoms with E-state index in [-0.39, 0.29) is 12.5 Å². The number of nitrogens with one attached hydrogen (secondary N) is 2. The molecule has 1 aromatic carbocycles. The van der Waals surface area contributed by atoms with Crippen LogP contribution in [0, 0.1) is 13.8 Å². The first kappa shape index (κ1) is 14.2. The van der Waals surface area contributed by atoms with Crippen molar-refractivity contribution >= 4 is 5.91 Å². The number of aromatic amines is 1. The second-order valence-corrected chi connectivity index (χ2v) is 4.80. The van der Waals surface area contributed by atoms with E-state index in [0.29, 0.717) is 12.3 Å². The van der Waals surface area contributed by atoms with Gasteiger partial charge < -0.3 is 15.0 Å². The van der Waals surface area contributed by atoms with Crippen LogP contribution in [0.4, 0.5) is 0 Å². The zero-order valence-electron chi connectivity index (χ0n) is 11.9. The van der Waals surface area contributed by atoms with E-state index in [1.807, 2.05) is 44.2 Å². The van der Waals surface area contributed by atoms with Crippen molar-refractivity contribution in [1.29, 1.82) is 0 Å². The molecule has 1 amide bonds. The molecule has 0 fully saturated rings. The largest absolute Gasteiger partial charge is 0.484 e. The lowest BCUT2D eigenvalue weighted by atomic mass is 10.2. The van der Waals surface area contributed by atoms with Crippen molar-refractivity contribution < 1.29 is 9.53 Å². The minimum absolute atomic E-state index is 0.0508. The van der Waals surface area contributed by atoms with E-state index in [2.05, 4.69) is 16.4 Å². The Hall–Kier alpha value is -2.23. The maximum Gasteiger partial charge on any atom is 0.257 e. The normalized spacial score (nSPS) is 10.3. The monoisotopic (exact) mass is 272 g/mol. The van der Waals surface area contributed by atoms with Gasteiger partial charge in [-0.3, -0.25) is 4.79 Å². The van der Waals surface area contributed by atoms with Crippen molar-refractivity contribution in [3.05, 3.63) is 53.3 Å². The number of carbonyl (C=O) groups is 1. The molecule has 20 heavy (non-hydrogen) atoms. The topological polar surface area (TPSA) is 54.1 Å². The number of ether oxygens (including phenoxy) is 1. The predicted molar refractivity (Wildman–Crippen MR) is 78.9 cm³/mol. The van der Waals surface area contributed by atoms with Crippen LogP contribution in [0.25, 0.3) is 0 Å². The first-order valence-electron chi connectivity index (χ1n) is 6.75. The Balaban J connectivity index is 1.69. The van der Waals surface area contributed by atoms with Crippen LogP contribution in [-0.4, -0.2) is 24.0 Å². The number of H-pyrrole nitrogens is 1. The van der Waals surface area contributed by atoms with Gasteiger partial charge in [-0.15, -0.1) is 0 Å². The summed E-state index contributed by atoms with van der Waals surface area (Å²) in [6.45, 7) is 4.75. The molecule has 4 nitrogen and oxygen atoms in total. The highest BCUT2D eigenvalue weighted by Crippen LogP contribution is 2.09. The van der Waals surface area contributed by atoms with Crippen LogP contribution in [0.1, 0.15) is 17.0 Å². The number of benzene rings is 1. The molecule has 0 aliphatic heterocycles. The number of aryl methyl sites for hydroxylation is 2. The Morgan fingerprint density at radius 3 is 2.65 bits per heavy atom. The molecule has 0 unspecified atom stereocenters. The molecule has 4 heteroatoms. The molecule has 0 atom stereocenters. The van der Waals surface area contributed by atoms with Crippen molar-refractivity contribution in [3.63, 3.8) is 0 Å². The summed E-state index contributed by atoms with van der Waals surface area (Å²) >= 11 is 0. The molecule has 0 saturated carbocycles. The Morgan fingerprint density at radius 2 is 2.00 bits per heavy atom.